The van der Waals surface area contributed by atoms with Crippen LogP contribution in [0.5, 0.6) is 0 Å². The van der Waals surface area contributed by atoms with Crippen LogP contribution in [0, 0.1) is 6.92 Å². The molecule has 3 atom stereocenters. The molecule has 0 N–H and O–H groups in total. The monoisotopic (exact) mass is 663 g/mol. The van der Waals surface area contributed by atoms with E-state index >= 15 is 0 Å². The lowest BCUT2D eigenvalue weighted by atomic mass is 10.4. The number of ether oxygens (including phenoxy) is 2. The van der Waals surface area contributed by atoms with E-state index in [1.807, 2.05) is 0 Å². The van der Waals surface area contributed by atoms with Gasteiger partial charge in [-0.2, -0.15) is 0 Å². The average molecular weight is 663 g/mol. The normalized spacial score (nSPS) is 17.4. The van der Waals surface area contributed by atoms with E-state index in [-0.39, 0.29) is 6.10 Å². The number of halogens is 4. The molecule has 0 aromatic heterocycles. The van der Waals surface area contributed by atoms with Gasteiger partial charge >= 0.3 is 0 Å². The molecule has 0 spiro atoms. The Balaban J connectivity index is 3.37. The Morgan fingerprint density at radius 2 is 1.47 bits per heavy atom. The van der Waals surface area contributed by atoms with E-state index in [0.717, 1.165) is 22.1 Å². The van der Waals surface area contributed by atoms with Gasteiger partial charge in [0.25, 0.3) is 0 Å². The molecule has 0 aliphatic carbocycles. The van der Waals surface area contributed by atoms with Crippen LogP contribution < -0.4 is 0 Å². The molecule has 0 fully saturated rings. The van der Waals surface area contributed by atoms with Crippen LogP contribution in [-0.2, 0) is 9.47 Å². The SMILES string of the molecule is [CH2]C(COCC(I)CI)OCC(I)CI. The third-order valence-corrected chi connectivity index (χ3v) is 8.55. The lowest BCUT2D eigenvalue weighted by molar-refractivity contribution is 0.0116. The third-order valence-electron chi connectivity index (χ3n) is 1.45. The Labute approximate surface area is 147 Å². The zero-order valence-electron chi connectivity index (χ0n) is 8.30. The van der Waals surface area contributed by atoms with Gasteiger partial charge in [0.15, 0.2) is 0 Å². The van der Waals surface area contributed by atoms with Crippen LogP contribution in [0.4, 0.5) is 0 Å². The standard InChI is InChI=1S/C9H15I4O2/c1-7(15-6-9(13)3-11)4-14-5-8(12)2-10/h7-9H,1-6H2. The molecule has 2 nitrogen and oxygen atoms in total. The first kappa shape index (κ1) is 17.8. The molecule has 0 aliphatic heterocycles. The zero-order chi connectivity index (χ0) is 11.7. The van der Waals surface area contributed by atoms with Gasteiger partial charge in [0, 0.05) is 16.7 Å². The zero-order valence-corrected chi connectivity index (χ0v) is 16.9. The first-order valence-electron chi connectivity index (χ1n) is 4.52. The van der Waals surface area contributed by atoms with E-state index in [4.69, 9.17) is 9.47 Å². The van der Waals surface area contributed by atoms with Gasteiger partial charge in [-0.3, -0.25) is 0 Å². The number of hydrogen-bond donors (Lipinski definition) is 0. The maximum Gasteiger partial charge on any atom is 0.0810 e. The molecule has 0 aromatic rings. The largest absolute Gasteiger partial charge is 0.378 e. The summed E-state index contributed by atoms with van der Waals surface area (Å²) in [7, 11) is 0. The van der Waals surface area contributed by atoms with Gasteiger partial charge < -0.3 is 9.47 Å². The molecule has 91 valence electrons. The van der Waals surface area contributed by atoms with Crippen molar-refractivity contribution in [2.24, 2.45) is 0 Å². The predicted octanol–water partition coefficient (Wildman–Crippen LogP) is 3.70. The number of rotatable bonds is 9. The van der Waals surface area contributed by atoms with Crippen molar-refractivity contribution in [3.05, 3.63) is 6.92 Å². The molecule has 0 heterocycles. The minimum atomic E-state index is -0.0389. The molecule has 0 saturated carbocycles. The van der Waals surface area contributed by atoms with Crippen molar-refractivity contribution in [3.8, 4) is 0 Å². The Bertz CT molecular complexity index is 148. The highest BCUT2D eigenvalue weighted by Gasteiger charge is 2.08. The predicted molar refractivity (Wildman–Crippen MR) is 99.3 cm³/mol. The van der Waals surface area contributed by atoms with Crippen molar-refractivity contribution < 1.29 is 9.47 Å². The fraction of sp³-hybridized carbons (Fsp3) is 0.889. The molecule has 0 saturated heterocycles. The molecule has 1 radical (unpaired) electrons. The molecular weight excluding hydrogens is 648 g/mol. The highest BCUT2D eigenvalue weighted by atomic mass is 127. The van der Waals surface area contributed by atoms with Crippen LogP contribution in [0.1, 0.15) is 0 Å². The maximum atomic E-state index is 5.56. The summed E-state index contributed by atoms with van der Waals surface area (Å²) in [5.41, 5.74) is 0. The lowest BCUT2D eigenvalue weighted by Crippen LogP contribution is -2.23. The van der Waals surface area contributed by atoms with Gasteiger partial charge in [0.1, 0.15) is 0 Å². The van der Waals surface area contributed by atoms with Crippen LogP contribution in [0.25, 0.3) is 0 Å². The molecule has 0 aromatic carbocycles. The summed E-state index contributed by atoms with van der Waals surface area (Å²) in [5, 5.41) is 0. The van der Waals surface area contributed by atoms with E-state index in [9.17, 15) is 0 Å². The van der Waals surface area contributed by atoms with Crippen molar-refractivity contribution in [1.82, 2.24) is 0 Å². The summed E-state index contributed by atoms with van der Waals surface area (Å²) >= 11 is 9.51. The van der Waals surface area contributed by atoms with Gasteiger partial charge in [-0.15, -0.1) is 0 Å². The Morgan fingerprint density at radius 3 is 2.00 bits per heavy atom. The van der Waals surface area contributed by atoms with E-state index in [1.165, 1.54) is 0 Å². The maximum absolute atomic E-state index is 5.56. The summed E-state index contributed by atoms with van der Waals surface area (Å²) in [6.45, 7) is 6.06. The van der Waals surface area contributed by atoms with Crippen molar-refractivity contribution in [2.45, 2.75) is 14.0 Å². The van der Waals surface area contributed by atoms with Crippen LogP contribution in [-0.4, -0.2) is 42.6 Å². The van der Waals surface area contributed by atoms with Gasteiger partial charge in [0.2, 0.25) is 0 Å². The average Bonchev–Trinajstić information content (AvgIpc) is 2.25. The number of alkyl halides is 4. The topological polar surface area (TPSA) is 18.5 Å². The fourth-order valence-corrected chi connectivity index (χ4v) is 1.68. The van der Waals surface area contributed by atoms with Crippen molar-refractivity contribution in [2.75, 3.05) is 28.7 Å². The van der Waals surface area contributed by atoms with Gasteiger partial charge in [-0.05, 0) is 6.92 Å². The van der Waals surface area contributed by atoms with E-state index < -0.39 is 0 Å². The van der Waals surface area contributed by atoms with Gasteiger partial charge in [-0.25, -0.2) is 0 Å². The van der Waals surface area contributed by atoms with E-state index in [2.05, 4.69) is 97.3 Å². The molecule has 0 rings (SSSR count). The number of hydrogen-bond acceptors (Lipinski definition) is 2. The van der Waals surface area contributed by atoms with Gasteiger partial charge in [-0.1, -0.05) is 90.4 Å². The summed E-state index contributed by atoms with van der Waals surface area (Å²) in [6.07, 6.45) is -0.0389. The smallest absolute Gasteiger partial charge is 0.0810 e. The second-order valence-corrected chi connectivity index (χ2v) is 8.28. The van der Waals surface area contributed by atoms with Crippen LogP contribution >= 0.6 is 90.4 Å². The Kier molecular flexibility index (Phi) is 14.2. The Morgan fingerprint density at radius 1 is 0.933 bits per heavy atom. The fourth-order valence-electron chi connectivity index (χ4n) is 0.705. The minimum Gasteiger partial charge on any atom is -0.378 e. The first-order chi connectivity index (χ1) is 7.10. The molecule has 0 aliphatic rings. The highest BCUT2D eigenvalue weighted by Crippen LogP contribution is 2.08. The second kappa shape index (κ2) is 11.9. The van der Waals surface area contributed by atoms with Crippen molar-refractivity contribution >= 4 is 90.4 Å². The summed E-state index contributed by atoms with van der Waals surface area (Å²) in [6, 6.07) is 0. The third kappa shape index (κ3) is 11.7. The molecule has 0 bridgehead atoms. The summed E-state index contributed by atoms with van der Waals surface area (Å²) < 4.78 is 14.4. The van der Waals surface area contributed by atoms with Gasteiger partial charge in [0.05, 0.1) is 25.9 Å². The van der Waals surface area contributed by atoms with E-state index in [1.54, 1.807) is 0 Å². The van der Waals surface area contributed by atoms with Crippen LogP contribution in [0.3, 0.4) is 0 Å². The molecule has 6 heteroatoms. The van der Waals surface area contributed by atoms with Crippen molar-refractivity contribution in [1.29, 1.82) is 0 Å². The molecule has 15 heavy (non-hydrogen) atoms. The quantitative estimate of drug-likeness (QED) is 0.277. The molecular formula is C9H15I4O2. The van der Waals surface area contributed by atoms with E-state index in [0.29, 0.717) is 14.5 Å². The lowest BCUT2D eigenvalue weighted by Gasteiger charge is -2.16. The second-order valence-electron chi connectivity index (χ2n) is 3.00. The molecule has 3 unspecified atom stereocenters. The summed E-state index contributed by atoms with van der Waals surface area (Å²) in [4.78, 5) is 0. The first-order valence-corrected chi connectivity index (χ1v) is 10.1. The highest BCUT2D eigenvalue weighted by molar-refractivity contribution is 14.1. The van der Waals surface area contributed by atoms with Crippen LogP contribution in [0.15, 0.2) is 0 Å². The minimum absolute atomic E-state index is 0.0389. The van der Waals surface area contributed by atoms with Crippen molar-refractivity contribution in [3.63, 3.8) is 0 Å². The molecule has 0 amide bonds. The summed E-state index contributed by atoms with van der Waals surface area (Å²) in [5.74, 6) is 0. The van der Waals surface area contributed by atoms with Crippen LogP contribution in [0.2, 0.25) is 0 Å². The Hall–Kier alpha value is 2.84.